The molecule has 0 aliphatic rings. The van der Waals surface area contributed by atoms with E-state index in [2.05, 4.69) is 36.4 Å². The van der Waals surface area contributed by atoms with E-state index in [0.717, 1.165) is 27.0 Å². The number of aromatic nitrogens is 4. The highest BCUT2D eigenvalue weighted by Crippen LogP contribution is 2.28. The lowest BCUT2D eigenvalue weighted by molar-refractivity contribution is -0.113. The Balaban J connectivity index is 1.57. The predicted octanol–water partition coefficient (Wildman–Crippen LogP) is 5.13. The highest BCUT2D eigenvalue weighted by Gasteiger charge is 2.17. The van der Waals surface area contributed by atoms with Crippen LogP contribution >= 0.6 is 27.7 Å². The molecular weight excluding hydrogens is 462 g/mol. The summed E-state index contributed by atoms with van der Waals surface area (Å²) in [5.41, 5.74) is 3.70. The minimum atomic E-state index is -0.113. The third-order valence-corrected chi connectivity index (χ3v) is 5.90. The average molecular weight is 480 g/mol. The standard InChI is InChI=1S/C22H18BrN5OS/c1-15-7-8-19(18(23)13-15)25-20(29)14-30-22-27-26-21(16-9-11-24-12-10-16)28(22)17-5-3-2-4-6-17/h2-13H,14H2,1H3,(H,25,29). The SMILES string of the molecule is Cc1ccc(NC(=O)CSc2nnc(-c3ccncc3)n2-c2ccccc2)c(Br)c1. The first-order chi connectivity index (χ1) is 14.6. The van der Waals surface area contributed by atoms with Gasteiger partial charge in [-0.15, -0.1) is 10.2 Å². The van der Waals surface area contributed by atoms with Crippen molar-refractivity contribution >= 4 is 39.3 Å². The Labute approximate surface area is 186 Å². The lowest BCUT2D eigenvalue weighted by Gasteiger charge is -2.11. The van der Waals surface area contributed by atoms with Gasteiger partial charge in [0.05, 0.1) is 11.4 Å². The van der Waals surface area contributed by atoms with Crippen LogP contribution in [0, 0.1) is 6.92 Å². The lowest BCUT2D eigenvalue weighted by atomic mass is 10.2. The third-order valence-electron chi connectivity index (χ3n) is 4.32. The Morgan fingerprint density at radius 2 is 1.83 bits per heavy atom. The van der Waals surface area contributed by atoms with Gasteiger partial charge in [-0.05, 0) is 64.8 Å². The van der Waals surface area contributed by atoms with Crippen LogP contribution in [-0.2, 0) is 4.79 Å². The Kier molecular flexibility index (Phi) is 6.25. The zero-order valence-corrected chi connectivity index (χ0v) is 18.5. The van der Waals surface area contributed by atoms with Crippen LogP contribution in [0.25, 0.3) is 17.1 Å². The van der Waals surface area contributed by atoms with Crippen LogP contribution in [0.5, 0.6) is 0 Å². The van der Waals surface area contributed by atoms with Crippen molar-refractivity contribution in [3.63, 3.8) is 0 Å². The van der Waals surface area contributed by atoms with Gasteiger partial charge in [0.25, 0.3) is 0 Å². The molecule has 0 radical (unpaired) electrons. The molecule has 1 N–H and O–H groups in total. The van der Waals surface area contributed by atoms with Crippen molar-refractivity contribution < 1.29 is 4.79 Å². The third kappa shape index (κ3) is 4.60. The van der Waals surface area contributed by atoms with E-state index >= 15 is 0 Å². The summed E-state index contributed by atoms with van der Waals surface area (Å²) in [6, 6.07) is 19.4. The zero-order chi connectivity index (χ0) is 20.9. The summed E-state index contributed by atoms with van der Waals surface area (Å²) in [6.45, 7) is 2.00. The van der Waals surface area contributed by atoms with Crippen LogP contribution < -0.4 is 5.32 Å². The molecule has 0 bridgehead atoms. The summed E-state index contributed by atoms with van der Waals surface area (Å²) < 4.78 is 2.81. The number of thioether (sulfide) groups is 1. The number of rotatable bonds is 6. The summed E-state index contributed by atoms with van der Waals surface area (Å²) in [7, 11) is 0. The minimum absolute atomic E-state index is 0.113. The molecule has 0 saturated heterocycles. The molecule has 0 aliphatic heterocycles. The smallest absolute Gasteiger partial charge is 0.234 e. The van der Waals surface area contributed by atoms with Gasteiger partial charge in [0, 0.05) is 28.1 Å². The summed E-state index contributed by atoms with van der Waals surface area (Å²) >= 11 is 4.83. The molecule has 0 atom stereocenters. The summed E-state index contributed by atoms with van der Waals surface area (Å²) in [4.78, 5) is 16.6. The van der Waals surface area contributed by atoms with E-state index in [1.807, 2.05) is 72.2 Å². The number of anilines is 1. The van der Waals surface area contributed by atoms with Crippen LogP contribution in [0.4, 0.5) is 5.69 Å². The number of hydrogen-bond donors (Lipinski definition) is 1. The highest BCUT2D eigenvalue weighted by molar-refractivity contribution is 9.10. The molecule has 1 amide bonds. The minimum Gasteiger partial charge on any atom is -0.324 e. The topological polar surface area (TPSA) is 72.7 Å². The predicted molar refractivity (Wildman–Crippen MR) is 123 cm³/mol. The molecule has 2 heterocycles. The molecule has 4 rings (SSSR count). The van der Waals surface area contributed by atoms with Gasteiger partial charge in [-0.3, -0.25) is 14.3 Å². The molecule has 0 saturated carbocycles. The lowest BCUT2D eigenvalue weighted by Crippen LogP contribution is -2.15. The maximum atomic E-state index is 12.5. The van der Waals surface area contributed by atoms with Gasteiger partial charge in [0.1, 0.15) is 0 Å². The Morgan fingerprint density at radius 3 is 2.57 bits per heavy atom. The van der Waals surface area contributed by atoms with Gasteiger partial charge in [-0.2, -0.15) is 0 Å². The summed E-state index contributed by atoms with van der Waals surface area (Å²) in [6.07, 6.45) is 3.44. The number of nitrogens with zero attached hydrogens (tertiary/aromatic N) is 4. The van der Waals surface area contributed by atoms with Crippen LogP contribution in [0.15, 0.2) is 82.7 Å². The van der Waals surface area contributed by atoms with Crippen molar-refractivity contribution in [3.8, 4) is 17.1 Å². The van der Waals surface area contributed by atoms with Gasteiger partial charge in [-0.1, -0.05) is 36.0 Å². The van der Waals surface area contributed by atoms with E-state index in [1.165, 1.54) is 11.8 Å². The molecule has 8 heteroatoms. The second-order valence-electron chi connectivity index (χ2n) is 6.53. The molecule has 6 nitrogen and oxygen atoms in total. The molecule has 2 aromatic carbocycles. The van der Waals surface area contributed by atoms with Gasteiger partial charge in [0.2, 0.25) is 5.91 Å². The molecule has 2 aromatic heterocycles. The number of hydrogen-bond acceptors (Lipinski definition) is 5. The van der Waals surface area contributed by atoms with Crippen molar-refractivity contribution in [2.45, 2.75) is 12.1 Å². The Morgan fingerprint density at radius 1 is 1.07 bits per heavy atom. The van der Waals surface area contributed by atoms with Crippen LogP contribution in [0.1, 0.15) is 5.56 Å². The molecule has 30 heavy (non-hydrogen) atoms. The Hall–Kier alpha value is -2.97. The number of halogens is 1. The molecule has 150 valence electrons. The average Bonchev–Trinajstić information content (AvgIpc) is 3.19. The van der Waals surface area contributed by atoms with Gasteiger partial charge < -0.3 is 5.32 Å². The largest absolute Gasteiger partial charge is 0.324 e. The molecule has 0 spiro atoms. The van der Waals surface area contributed by atoms with E-state index in [-0.39, 0.29) is 11.7 Å². The number of carbonyl (C=O) groups is 1. The number of benzene rings is 2. The van der Waals surface area contributed by atoms with Crippen molar-refractivity contribution in [1.82, 2.24) is 19.7 Å². The first kappa shape index (κ1) is 20.3. The summed E-state index contributed by atoms with van der Waals surface area (Å²) in [5.74, 6) is 0.798. The second kappa shape index (κ2) is 9.23. The molecule has 0 aliphatic carbocycles. The van der Waals surface area contributed by atoms with Crippen LogP contribution in [0.3, 0.4) is 0 Å². The zero-order valence-electron chi connectivity index (χ0n) is 16.1. The fourth-order valence-electron chi connectivity index (χ4n) is 2.90. The van der Waals surface area contributed by atoms with E-state index in [4.69, 9.17) is 0 Å². The highest BCUT2D eigenvalue weighted by atomic mass is 79.9. The molecular formula is C22H18BrN5OS. The second-order valence-corrected chi connectivity index (χ2v) is 8.33. The number of amides is 1. The van der Waals surface area contributed by atoms with Crippen LogP contribution in [0.2, 0.25) is 0 Å². The number of carbonyl (C=O) groups excluding carboxylic acids is 1. The van der Waals surface area contributed by atoms with Crippen molar-refractivity contribution in [2.75, 3.05) is 11.1 Å². The number of aryl methyl sites for hydroxylation is 1. The molecule has 0 fully saturated rings. The maximum absolute atomic E-state index is 12.5. The monoisotopic (exact) mass is 479 g/mol. The van der Waals surface area contributed by atoms with Gasteiger partial charge >= 0.3 is 0 Å². The summed E-state index contributed by atoms with van der Waals surface area (Å²) in [5, 5.41) is 12.3. The van der Waals surface area contributed by atoms with Crippen molar-refractivity contribution in [2.24, 2.45) is 0 Å². The first-order valence-electron chi connectivity index (χ1n) is 9.22. The van der Waals surface area contributed by atoms with E-state index < -0.39 is 0 Å². The first-order valence-corrected chi connectivity index (χ1v) is 11.0. The number of pyridine rings is 1. The number of nitrogens with one attached hydrogen (secondary N) is 1. The molecule has 0 unspecified atom stereocenters. The van der Waals surface area contributed by atoms with Gasteiger partial charge in [-0.25, -0.2) is 0 Å². The maximum Gasteiger partial charge on any atom is 0.234 e. The van der Waals surface area contributed by atoms with E-state index in [9.17, 15) is 4.79 Å². The fourth-order valence-corrected chi connectivity index (χ4v) is 4.24. The van der Waals surface area contributed by atoms with Gasteiger partial charge in [0.15, 0.2) is 11.0 Å². The quantitative estimate of drug-likeness (QED) is 0.388. The van der Waals surface area contributed by atoms with Crippen molar-refractivity contribution in [3.05, 3.63) is 83.1 Å². The number of para-hydroxylation sites is 1. The fraction of sp³-hybridized carbons (Fsp3) is 0.0909. The normalized spacial score (nSPS) is 10.7. The van der Waals surface area contributed by atoms with E-state index in [0.29, 0.717) is 11.0 Å². The van der Waals surface area contributed by atoms with E-state index in [1.54, 1.807) is 12.4 Å². The molecule has 4 aromatic rings. The van der Waals surface area contributed by atoms with Crippen molar-refractivity contribution in [1.29, 1.82) is 0 Å². The Bertz CT molecular complexity index is 1160. The van der Waals surface area contributed by atoms with Crippen LogP contribution in [-0.4, -0.2) is 31.4 Å².